The van der Waals surface area contributed by atoms with Gasteiger partial charge in [0.1, 0.15) is 18.0 Å². The summed E-state index contributed by atoms with van der Waals surface area (Å²) in [7, 11) is 1.60. The smallest absolute Gasteiger partial charge is 0.261 e. The number of amides is 1. The SMILES string of the molecule is COc1cccc(OCC(=O)N(Cc2nc(-c3ccccc3)no2)C2CCCCC2)c1. The number of rotatable bonds is 8. The van der Waals surface area contributed by atoms with E-state index >= 15 is 0 Å². The van der Waals surface area contributed by atoms with Crippen LogP contribution in [-0.4, -0.2) is 40.7 Å². The van der Waals surface area contributed by atoms with Gasteiger partial charge in [0.2, 0.25) is 11.7 Å². The van der Waals surface area contributed by atoms with Gasteiger partial charge in [0, 0.05) is 17.7 Å². The van der Waals surface area contributed by atoms with Crippen LogP contribution in [-0.2, 0) is 11.3 Å². The van der Waals surface area contributed by atoms with Crippen molar-refractivity contribution in [3.63, 3.8) is 0 Å². The Morgan fingerprint density at radius 3 is 2.61 bits per heavy atom. The van der Waals surface area contributed by atoms with Crippen molar-refractivity contribution in [2.75, 3.05) is 13.7 Å². The Bertz CT molecular complexity index is 983. The van der Waals surface area contributed by atoms with Gasteiger partial charge in [-0.2, -0.15) is 4.98 Å². The van der Waals surface area contributed by atoms with Crippen molar-refractivity contribution >= 4 is 5.91 Å². The molecule has 7 heteroatoms. The van der Waals surface area contributed by atoms with Crippen LogP contribution in [0, 0.1) is 0 Å². The lowest BCUT2D eigenvalue weighted by Gasteiger charge is -2.33. The predicted molar refractivity (Wildman–Crippen MR) is 116 cm³/mol. The van der Waals surface area contributed by atoms with E-state index in [1.54, 1.807) is 13.2 Å². The number of hydrogen-bond donors (Lipinski definition) is 0. The van der Waals surface area contributed by atoms with Crippen LogP contribution < -0.4 is 9.47 Å². The first kappa shape index (κ1) is 20.9. The number of nitrogens with zero attached hydrogens (tertiary/aromatic N) is 3. The molecular formula is C24H27N3O4. The topological polar surface area (TPSA) is 77.7 Å². The van der Waals surface area contributed by atoms with Crippen LogP contribution in [0.3, 0.4) is 0 Å². The normalized spacial score (nSPS) is 14.2. The van der Waals surface area contributed by atoms with Crippen LogP contribution in [0.2, 0.25) is 0 Å². The van der Waals surface area contributed by atoms with Crippen LogP contribution in [0.15, 0.2) is 59.1 Å². The van der Waals surface area contributed by atoms with Gasteiger partial charge in [-0.05, 0) is 25.0 Å². The molecule has 1 saturated carbocycles. The van der Waals surface area contributed by atoms with Gasteiger partial charge < -0.3 is 18.9 Å². The van der Waals surface area contributed by atoms with Crippen LogP contribution in [0.1, 0.15) is 38.0 Å². The summed E-state index contributed by atoms with van der Waals surface area (Å²) in [6.07, 6.45) is 5.39. The Hall–Kier alpha value is -3.35. The second kappa shape index (κ2) is 10.1. The van der Waals surface area contributed by atoms with Crippen molar-refractivity contribution < 1.29 is 18.8 Å². The molecule has 1 aliphatic carbocycles. The first-order chi connectivity index (χ1) is 15.2. The molecule has 31 heavy (non-hydrogen) atoms. The van der Waals surface area contributed by atoms with Gasteiger partial charge >= 0.3 is 0 Å². The van der Waals surface area contributed by atoms with Crippen molar-refractivity contribution in [3.8, 4) is 22.9 Å². The third-order valence-corrected chi connectivity index (χ3v) is 5.55. The summed E-state index contributed by atoms with van der Waals surface area (Å²) in [5, 5.41) is 4.09. The van der Waals surface area contributed by atoms with E-state index < -0.39 is 0 Å². The standard InChI is InChI=1S/C24H27N3O4/c1-29-20-13-8-14-21(15-20)30-17-23(28)27(19-11-6-3-7-12-19)16-22-25-24(26-31-22)18-9-4-2-5-10-18/h2,4-5,8-10,13-15,19H,3,6-7,11-12,16-17H2,1H3. The molecule has 162 valence electrons. The zero-order chi connectivity index (χ0) is 21.5. The molecule has 0 aliphatic heterocycles. The van der Waals surface area contributed by atoms with Crippen molar-refractivity contribution in [2.45, 2.75) is 44.7 Å². The molecule has 0 unspecified atom stereocenters. The summed E-state index contributed by atoms with van der Waals surface area (Å²) < 4.78 is 16.4. The van der Waals surface area contributed by atoms with E-state index in [0.29, 0.717) is 23.2 Å². The highest BCUT2D eigenvalue weighted by molar-refractivity contribution is 5.78. The molecule has 0 atom stereocenters. The molecule has 0 bridgehead atoms. The Kier molecular flexibility index (Phi) is 6.82. The van der Waals surface area contributed by atoms with Crippen molar-refractivity contribution in [2.24, 2.45) is 0 Å². The second-order valence-electron chi connectivity index (χ2n) is 7.66. The van der Waals surface area contributed by atoms with Gasteiger partial charge in [0.25, 0.3) is 5.91 Å². The number of methoxy groups -OCH3 is 1. The fraction of sp³-hybridized carbons (Fsp3) is 0.375. The monoisotopic (exact) mass is 421 g/mol. The number of hydrogen-bond acceptors (Lipinski definition) is 6. The van der Waals surface area contributed by atoms with Gasteiger partial charge in [-0.15, -0.1) is 0 Å². The third-order valence-electron chi connectivity index (χ3n) is 5.55. The fourth-order valence-corrected chi connectivity index (χ4v) is 3.90. The number of carbonyl (C=O) groups is 1. The lowest BCUT2D eigenvalue weighted by atomic mass is 9.94. The number of aromatic nitrogens is 2. The van der Waals surface area contributed by atoms with Gasteiger partial charge in [-0.1, -0.05) is 60.8 Å². The highest BCUT2D eigenvalue weighted by atomic mass is 16.5. The van der Waals surface area contributed by atoms with Gasteiger partial charge in [-0.25, -0.2) is 0 Å². The van der Waals surface area contributed by atoms with Crippen molar-refractivity contribution in [1.82, 2.24) is 15.0 Å². The van der Waals surface area contributed by atoms with Gasteiger partial charge in [0.05, 0.1) is 7.11 Å². The van der Waals surface area contributed by atoms with Crippen LogP contribution >= 0.6 is 0 Å². The lowest BCUT2D eigenvalue weighted by Crippen LogP contribution is -2.43. The molecule has 0 spiro atoms. The molecule has 7 nitrogen and oxygen atoms in total. The molecule has 0 N–H and O–H groups in total. The maximum Gasteiger partial charge on any atom is 0.261 e. The van der Waals surface area contributed by atoms with Crippen LogP contribution in [0.4, 0.5) is 0 Å². The Balaban J connectivity index is 1.46. The first-order valence-corrected chi connectivity index (χ1v) is 10.7. The van der Waals surface area contributed by atoms with E-state index in [0.717, 1.165) is 31.2 Å². The lowest BCUT2D eigenvalue weighted by molar-refractivity contribution is -0.137. The highest BCUT2D eigenvalue weighted by Crippen LogP contribution is 2.25. The molecule has 1 aromatic heterocycles. The van der Waals surface area contributed by atoms with E-state index in [1.807, 2.05) is 53.4 Å². The third kappa shape index (κ3) is 5.42. The average molecular weight is 421 g/mol. The number of ether oxygens (including phenoxy) is 2. The minimum Gasteiger partial charge on any atom is -0.497 e. The second-order valence-corrected chi connectivity index (χ2v) is 7.66. The summed E-state index contributed by atoms with van der Waals surface area (Å²) in [6.45, 7) is 0.230. The van der Waals surface area contributed by atoms with Crippen molar-refractivity contribution in [3.05, 3.63) is 60.5 Å². The fourth-order valence-electron chi connectivity index (χ4n) is 3.90. The summed E-state index contributed by atoms with van der Waals surface area (Å²) in [5.41, 5.74) is 0.884. The van der Waals surface area contributed by atoms with Gasteiger partial charge in [0.15, 0.2) is 6.61 Å². The van der Waals surface area contributed by atoms with E-state index in [1.165, 1.54) is 6.42 Å². The quantitative estimate of drug-likeness (QED) is 0.533. The minimum absolute atomic E-state index is 0.0522. The molecule has 2 aromatic carbocycles. The van der Waals surface area contributed by atoms with Crippen LogP contribution in [0.25, 0.3) is 11.4 Å². The Labute approximate surface area is 182 Å². The molecule has 1 amide bonds. The van der Waals surface area contributed by atoms with Gasteiger partial charge in [-0.3, -0.25) is 4.79 Å². The molecule has 0 radical (unpaired) electrons. The predicted octanol–water partition coefficient (Wildman–Crippen LogP) is 4.49. The summed E-state index contributed by atoms with van der Waals surface area (Å²) in [6, 6.07) is 17.1. The molecule has 4 rings (SSSR count). The van der Waals surface area contributed by atoms with Crippen molar-refractivity contribution in [1.29, 1.82) is 0 Å². The van der Waals surface area contributed by atoms with E-state index in [9.17, 15) is 4.79 Å². The summed E-state index contributed by atoms with van der Waals surface area (Å²) >= 11 is 0. The minimum atomic E-state index is -0.0887. The van der Waals surface area contributed by atoms with E-state index in [-0.39, 0.29) is 25.1 Å². The zero-order valence-electron chi connectivity index (χ0n) is 17.7. The Morgan fingerprint density at radius 1 is 1.06 bits per heavy atom. The Morgan fingerprint density at radius 2 is 1.84 bits per heavy atom. The summed E-state index contributed by atoms with van der Waals surface area (Å²) in [4.78, 5) is 19.5. The molecule has 1 fully saturated rings. The molecule has 1 aliphatic rings. The first-order valence-electron chi connectivity index (χ1n) is 10.7. The average Bonchev–Trinajstić information content (AvgIpc) is 3.31. The maximum atomic E-state index is 13.1. The molecule has 3 aromatic rings. The number of carbonyl (C=O) groups excluding carboxylic acids is 1. The molecule has 0 saturated heterocycles. The van der Waals surface area contributed by atoms with E-state index in [2.05, 4.69) is 10.1 Å². The zero-order valence-corrected chi connectivity index (χ0v) is 17.7. The highest BCUT2D eigenvalue weighted by Gasteiger charge is 2.28. The maximum absolute atomic E-state index is 13.1. The van der Waals surface area contributed by atoms with Crippen LogP contribution in [0.5, 0.6) is 11.5 Å². The number of benzene rings is 2. The summed E-state index contributed by atoms with van der Waals surface area (Å²) in [5.74, 6) is 2.15. The largest absolute Gasteiger partial charge is 0.497 e. The molecular weight excluding hydrogens is 394 g/mol. The molecule has 1 heterocycles. The van der Waals surface area contributed by atoms with E-state index in [4.69, 9.17) is 14.0 Å².